The molecular weight excluding hydrogens is 488 g/mol. The Bertz CT molecular complexity index is 1190. The molecule has 0 radical (unpaired) electrons. The number of halogens is 1. The Kier molecular flexibility index (Phi) is 7.96. The van der Waals surface area contributed by atoms with Gasteiger partial charge in [0.2, 0.25) is 5.91 Å². The lowest BCUT2D eigenvalue weighted by Crippen LogP contribution is -2.38. The van der Waals surface area contributed by atoms with Crippen molar-refractivity contribution in [3.8, 4) is 0 Å². The minimum absolute atomic E-state index is 0.0288. The van der Waals surface area contributed by atoms with Crippen LogP contribution in [0.25, 0.3) is 0 Å². The molecule has 188 valence electrons. The van der Waals surface area contributed by atoms with Gasteiger partial charge in [-0.2, -0.15) is 0 Å². The van der Waals surface area contributed by atoms with Crippen LogP contribution in [0.2, 0.25) is 5.02 Å². The first-order valence-corrected chi connectivity index (χ1v) is 14.3. The van der Waals surface area contributed by atoms with E-state index in [4.69, 9.17) is 11.6 Å². The molecule has 4 rings (SSSR count). The number of amides is 2. The van der Waals surface area contributed by atoms with E-state index in [0.717, 1.165) is 31.9 Å². The van der Waals surface area contributed by atoms with Gasteiger partial charge in [-0.1, -0.05) is 30.5 Å². The number of piperidine rings is 1. The largest absolute Gasteiger partial charge is 0.355 e. The summed E-state index contributed by atoms with van der Waals surface area (Å²) in [5.74, 6) is 0.522. The molecule has 0 bridgehead atoms. The summed E-state index contributed by atoms with van der Waals surface area (Å²) < 4.78 is 24.2. The van der Waals surface area contributed by atoms with Gasteiger partial charge in [0.15, 0.2) is 15.7 Å². The smallest absolute Gasteiger partial charge is 0.255 e. The predicted molar refractivity (Wildman–Crippen MR) is 137 cm³/mol. The molecule has 2 N–H and O–H groups in total. The molecule has 2 aliphatic rings. The van der Waals surface area contributed by atoms with Crippen LogP contribution in [-0.4, -0.2) is 50.6 Å². The number of carbonyl (C=O) groups excluding carboxylic acids is 2. The van der Waals surface area contributed by atoms with Crippen LogP contribution in [0.5, 0.6) is 0 Å². The summed E-state index contributed by atoms with van der Waals surface area (Å²) in [7, 11) is -3.51. The lowest BCUT2D eigenvalue weighted by Gasteiger charge is -2.33. The number of nitrogens with one attached hydrogen (secondary N) is 2. The van der Waals surface area contributed by atoms with Crippen LogP contribution in [0.3, 0.4) is 0 Å². The van der Waals surface area contributed by atoms with Crippen molar-refractivity contribution >= 4 is 44.8 Å². The number of pyridine rings is 1. The van der Waals surface area contributed by atoms with Crippen LogP contribution in [0.1, 0.15) is 55.3 Å². The zero-order chi connectivity index (χ0) is 25.0. The van der Waals surface area contributed by atoms with Crippen molar-refractivity contribution in [3.63, 3.8) is 0 Å². The van der Waals surface area contributed by atoms with Crippen molar-refractivity contribution in [1.82, 2.24) is 10.3 Å². The molecule has 1 aliphatic heterocycles. The van der Waals surface area contributed by atoms with E-state index in [1.807, 2.05) is 4.90 Å². The molecule has 8 nitrogen and oxygen atoms in total. The summed E-state index contributed by atoms with van der Waals surface area (Å²) in [6.45, 7) is 1.32. The molecule has 1 saturated carbocycles. The maximum absolute atomic E-state index is 12.9. The topological polar surface area (TPSA) is 108 Å². The number of sulfone groups is 1. The van der Waals surface area contributed by atoms with Crippen molar-refractivity contribution in [3.05, 3.63) is 47.1 Å². The van der Waals surface area contributed by atoms with Crippen LogP contribution >= 0.6 is 11.6 Å². The number of rotatable bonds is 7. The molecule has 2 heterocycles. The minimum Gasteiger partial charge on any atom is -0.355 e. The molecule has 2 amide bonds. The molecule has 1 aromatic carbocycles. The third-order valence-corrected chi connectivity index (χ3v) is 8.03. The quantitative estimate of drug-likeness (QED) is 0.572. The molecule has 0 spiro atoms. The Hall–Kier alpha value is -2.65. The van der Waals surface area contributed by atoms with Gasteiger partial charge in [-0.15, -0.1) is 0 Å². The average molecular weight is 519 g/mol. The molecule has 0 atom stereocenters. The van der Waals surface area contributed by atoms with Gasteiger partial charge in [0.25, 0.3) is 5.91 Å². The zero-order valence-corrected chi connectivity index (χ0v) is 21.4. The maximum atomic E-state index is 12.9. The Morgan fingerprint density at radius 1 is 1.11 bits per heavy atom. The molecule has 0 unspecified atom stereocenters. The number of anilines is 2. The summed E-state index contributed by atoms with van der Waals surface area (Å²) in [5.41, 5.74) is 0.690. The highest BCUT2D eigenvalue weighted by molar-refractivity contribution is 7.90. The van der Waals surface area contributed by atoms with E-state index in [1.165, 1.54) is 25.1 Å². The van der Waals surface area contributed by atoms with Crippen molar-refractivity contribution in [2.24, 2.45) is 5.92 Å². The average Bonchev–Trinajstić information content (AvgIpc) is 3.32. The van der Waals surface area contributed by atoms with Crippen LogP contribution in [0.15, 0.2) is 41.4 Å². The second-order valence-corrected chi connectivity index (χ2v) is 11.9. The van der Waals surface area contributed by atoms with Gasteiger partial charge < -0.3 is 15.5 Å². The highest BCUT2D eigenvalue weighted by Gasteiger charge is 2.26. The van der Waals surface area contributed by atoms with Gasteiger partial charge >= 0.3 is 0 Å². The first-order chi connectivity index (χ1) is 16.7. The number of aromatic nitrogens is 1. The Morgan fingerprint density at radius 2 is 1.83 bits per heavy atom. The molecule has 1 aromatic heterocycles. The van der Waals surface area contributed by atoms with E-state index >= 15 is 0 Å². The van der Waals surface area contributed by atoms with Crippen LogP contribution in [-0.2, 0) is 14.6 Å². The lowest BCUT2D eigenvalue weighted by molar-refractivity contribution is -0.122. The maximum Gasteiger partial charge on any atom is 0.255 e. The Balaban J connectivity index is 1.45. The lowest BCUT2D eigenvalue weighted by atomic mass is 9.93. The molecule has 2 fully saturated rings. The van der Waals surface area contributed by atoms with E-state index in [9.17, 15) is 18.0 Å². The normalized spacial score (nSPS) is 17.4. The van der Waals surface area contributed by atoms with Crippen LogP contribution < -0.4 is 15.5 Å². The highest BCUT2D eigenvalue weighted by atomic mass is 35.5. The molecule has 1 saturated heterocycles. The monoisotopic (exact) mass is 518 g/mol. The van der Waals surface area contributed by atoms with E-state index in [2.05, 4.69) is 15.6 Å². The Labute approximate surface area is 211 Å². The van der Waals surface area contributed by atoms with E-state index in [0.29, 0.717) is 47.6 Å². The summed E-state index contributed by atoms with van der Waals surface area (Å²) in [6, 6.07) is 8.31. The van der Waals surface area contributed by atoms with Crippen molar-refractivity contribution < 1.29 is 18.0 Å². The minimum atomic E-state index is -3.51. The number of carbonyl (C=O) groups is 2. The first kappa shape index (κ1) is 25.4. The first-order valence-electron chi connectivity index (χ1n) is 12.0. The summed E-state index contributed by atoms with van der Waals surface area (Å²) in [5, 5.41) is 6.41. The summed E-state index contributed by atoms with van der Waals surface area (Å²) in [4.78, 5) is 31.8. The third-order valence-electron chi connectivity index (χ3n) is 6.71. The summed E-state index contributed by atoms with van der Waals surface area (Å²) in [6.07, 6.45) is 9.09. The van der Waals surface area contributed by atoms with Gasteiger partial charge in [0.05, 0.1) is 10.6 Å². The van der Waals surface area contributed by atoms with E-state index in [-0.39, 0.29) is 16.7 Å². The van der Waals surface area contributed by atoms with Gasteiger partial charge in [0.1, 0.15) is 0 Å². The van der Waals surface area contributed by atoms with Crippen molar-refractivity contribution in [2.75, 3.05) is 29.6 Å². The van der Waals surface area contributed by atoms with E-state index < -0.39 is 15.7 Å². The highest BCUT2D eigenvalue weighted by Crippen LogP contribution is 2.31. The SMILES string of the molecule is CS(=O)(=O)c1cnc(N2CCC(CC(=O)NC3CCCC3)CC2)c(NC(=O)c2cccc(Cl)c2)c1. The number of nitrogens with zero attached hydrogens (tertiary/aromatic N) is 2. The van der Waals surface area contributed by atoms with Crippen molar-refractivity contribution in [2.45, 2.75) is 55.9 Å². The number of hydrogen-bond acceptors (Lipinski definition) is 6. The summed E-state index contributed by atoms with van der Waals surface area (Å²) >= 11 is 6.02. The van der Waals surface area contributed by atoms with E-state index in [1.54, 1.807) is 24.3 Å². The fraction of sp³-hybridized carbons (Fsp3) is 0.480. The molecule has 2 aromatic rings. The molecule has 1 aliphatic carbocycles. The third kappa shape index (κ3) is 6.73. The van der Waals surface area contributed by atoms with Gasteiger partial charge in [0, 0.05) is 48.6 Å². The second-order valence-electron chi connectivity index (χ2n) is 9.46. The molecular formula is C25H31ClN4O4S. The fourth-order valence-corrected chi connectivity index (χ4v) is 5.54. The van der Waals surface area contributed by atoms with Gasteiger partial charge in [-0.05, 0) is 55.9 Å². The Morgan fingerprint density at radius 3 is 2.49 bits per heavy atom. The molecule has 10 heteroatoms. The predicted octanol–water partition coefficient (Wildman–Crippen LogP) is 4.06. The van der Waals surface area contributed by atoms with Gasteiger partial charge in [-0.3, -0.25) is 9.59 Å². The number of benzene rings is 1. The zero-order valence-electron chi connectivity index (χ0n) is 19.8. The molecule has 35 heavy (non-hydrogen) atoms. The fourth-order valence-electron chi connectivity index (χ4n) is 4.78. The van der Waals surface area contributed by atoms with Crippen molar-refractivity contribution in [1.29, 1.82) is 0 Å². The van der Waals surface area contributed by atoms with Crippen LogP contribution in [0.4, 0.5) is 11.5 Å². The second kappa shape index (κ2) is 11.0. The van der Waals surface area contributed by atoms with Crippen LogP contribution in [0, 0.1) is 5.92 Å². The number of hydrogen-bond donors (Lipinski definition) is 2. The standard InChI is InChI=1S/C25H31ClN4O4S/c1-35(33,34)21-15-22(29-25(32)18-5-4-6-19(26)14-18)24(27-16-21)30-11-9-17(10-12-30)13-23(31)28-20-7-2-3-8-20/h4-6,14-17,20H,2-3,7-13H2,1H3,(H,28,31)(H,29,32). The van der Waals surface area contributed by atoms with Gasteiger partial charge in [-0.25, -0.2) is 13.4 Å².